The Bertz CT molecular complexity index is 549. The minimum Gasteiger partial charge on any atom is -0.544 e. The molecule has 0 aliphatic carbocycles. The summed E-state index contributed by atoms with van der Waals surface area (Å²) in [5.74, 6) is -3.68. The van der Waals surface area contributed by atoms with Crippen LogP contribution in [0.2, 0.25) is 0 Å². The van der Waals surface area contributed by atoms with Crippen molar-refractivity contribution in [2.75, 3.05) is 6.54 Å². The number of nitrogens with zero attached hydrogens (tertiary/aromatic N) is 1. The van der Waals surface area contributed by atoms with Gasteiger partial charge in [-0.1, -0.05) is 65.5 Å². The molecule has 0 fully saturated rings. The lowest BCUT2D eigenvalue weighted by molar-refractivity contribution is -0.974. The van der Waals surface area contributed by atoms with Crippen molar-refractivity contribution >= 4 is 17.9 Å². The molecule has 0 radical (unpaired) electrons. The predicted octanol–water partition coefficient (Wildman–Crippen LogP) is 4.54. The van der Waals surface area contributed by atoms with Crippen LogP contribution in [0.15, 0.2) is 12.2 Å². The summed E-state index contributed by atoms with van der Waals surface area (Å²) in [4.78, 5) is 36.4. The van der Waals surface area contributed by atoms with Gasteiger partial charge in [0.05, 0.1) is 12.5 Å². The first-order chi connectivity index (χ1) is 15.7. The van der Waals surface area contributed by atoms with E-state index in [4.69, 9.17) is 0 Å². The molecule has 0 saturated heterocycles. The van der Waals surface area contributed by atoms with E-state index < -0.39 is 40.5 Å². The zero-order valence-electron chi connectivity index (χ0n) is 21.3. The van der Waals surface area contributed by atoms with Gasteiger partial charge in [-0.2, -0.15) is 0 Å². The SMILES string of the molecule is CCCCCCC/C=C/CCCCC[N+](C(CC)C(=O)[O-])(C(CC)C(=O)O)C(CC)C(=O)O. The van der Waals surface area contributed by atoms with Crippen LogP contribution >= 0.6 is 0 Å². The fourth-order valence-corrected chi connectivity index (χ4v) is 5.19. The van der Waals surface area contributed by atoms with Gasteiger partial charge in [0.2, 0.25) is 0 Å². The molecule has 2 N–H and O–H groups in total. The number of hydrogen-bond donors (Lipinski definition) is 2. The van der Waals surface area contributed by atoms with Crippen molar-refractivity contribution in [3.63, 3.8) is 0 Å². The van der Waals surface area contributed by atoms with Gasteiger partial charge in [0.1, 0.15) is 6.04 Å². The van der Waals surface area contributed by atoms with Crippen LogP contribution in [0.25, 0.3) is 0 Å². The molecule has 33 heavy (non-hydrogen) atoms. The standard InChI is InChI=1S/C26H47NO6/c1-5-9-10-11-12-13-14-15-16-17-18-19-20-27(21(6-2)24(28)29,22(7-3)25(30)31)23(8-4)26(32)33/h14-15,21-23H,5-13,16-20H2,1-4H3,(H2-,28,29,30,31,32,33)/b15-14+. The zero-order valence-corrected chi connectivity index (χ0v) is 21.3. The summed E-state index contributed by atoms with van der Waals surface area (Å²) in [6.45, 7) is 7.41. The lowest BCUT2D eigenvalue weighted by atomic mass is 9.94. The van der Waals surface area contributed by atoms with Gasteiger partial charge >= 0.3 is 11.9 Å². The minimum atomic E-state index is -1.38. The number of carbonyl (C=O) groups excluding carboxylic acids is 1. The number of quaternary nitrogens is 1. The molecule has 3 atom stereocenters. The maximum Gasteiger partial charge on any atom is 0.362 e. The molecule has 0 aromatic rings. The van der Waals surface area contributed by atoms with Crippen LogP contribution in [0.1, 0.15) is 111 Å². The predicted molar refractivity (Wildman–Crippen MR) is 129 cm³/mol. The summed E-state index contributed by atoms with van der Waals surface area (Å²) in [7, 11) is 0. The highest BCUT2D eigenvalue weighted by Crippen LogP contribution is 2.32. The first-order valence-corrected chi connectivity index (χ1v) is 12.9. The van der Waals surface area contributed by atoms with Gasteiger partial charge < -0.3 is 20.1 Å². The normalized spacial score (nSPS) is 16.2. The zero-order chi connectivity index (χ0) is 25.3. The van der Waals surface area contributed by atoms with E-state index in [9.17, 15) is 29.7 Å². The molecule has 0 spiro atoms. The Morgan fingerprint density at radius 1 is 0.697 bits per heavy atom. The molecule has 0 bridgehead atoms. The number of carboxylic acid groups (broad SMARTS) is 3. The maximum atomic E-state index is 12.2. The van der Waals surface area contributed by atoms with Gasteiger partial charge in [0.25, 0.3) is 0 Å². The third-order valence-corrected chi connectivity index (χ3v) is 6.80. The fourth-order valence-electron chi connectivity index (χ4n) is 5.19. The van der Waals surface area contributed by atoms with E-state index in [1.807, 2.05) is 0 Å². The van der Waals surface area contributed by atoms with Crippen molar-refractivity contribution in [2.24, 2.45) is 0 Å². The van der Waals surface area contributed by atoms with Gasteiger partial charge in [-0.05, 0) is 38.5 Å². The van der Waals surface area contributed by atoms with Crippen LogP contribution < -0.4 is 5.11 Å². The smallest absolute Gasteiger partial charge is 0.362 e. The largest absolute Gasteiger partial charge is 0.544 e. The molecule has 0 heterocycles. The molecule has 0 saturated carbocycles. The summed E-state index contributed by atoms with van der Waals surface area (Å²) < 4.78 is -0.482. The molecule has 0 amide bonds. The number of rotatable bonds is 21. The van der Waals surface area contributed by atoms with Crippen LogP contribution in [0.5, 0.6) is 0 Å². The van der Waals surface area contributed by atoms with E-state index >= 15 is 0 Å². The van der Waals surface area contributed by atoms with E-state index in [2.05, 4.69) is 19.1 Å². The Balaban J connectivity index is 5.27. The summed E-state index contributed by atoms with van der Waals surface area (Å²) in [5.41, 5.74) is 0. The lowest BCUT2D eigenvalue weighted by Gasteiger charge is -2.51. The third-order valence-electron chi connectivity index (χ3n) is 6.80. The molecule has 0 aliphatic rings. The second kappa shape index (κ2) is 17.6. The number of hydrogen-bond acceptors (Lipinski definition) is 4. The number of carbonyl (C=O) groups is 3. The Kier molecular flexibility index (Phi) is 16.6. The summed E-state index contributed by atoms with van der Waals surface area (Å²) >= 11 is 0. The lowest BCUT2D eigenvalue weighted by Crippen LogP contribution is -2.73. The van der Waals surface area contributed by atoms with Crippen LogP contribution in [0, 0.1) is 0 Å². The van der Waals surface area contributed by atoms with Gasteiger partial charge in [0.15, 0.2) is 12.1 Å². The van der Waals surface area contributed by atoms with Crippen molar-refractivity contribution in [1.29, 1.82) is 0 Å². The van der Waals surface area contributed by atoms with Gasteiger partial charge in [-0.3, -0.25) is 4.48 Å². The number of unbranched alkanes of at least 4 members (excludes halogenated alkanes) is 8. The van der Waals surface area contributed by atoms with Gasteiger partial charge in [-0.15, -0.1) is 0 Å². The topological polar surface area (TPSA) is 115 Å². The minimum absolute atomic E-state index is 0.122. The highest BCUT2D eigenvalue weighted by atomic mass is 16.4. The molecule has 0 rings (SSSR count). The number of carboxylic acids is 3. The van der Waals surface area contributed by atoms with E-state index in [0.29, 0.717) is 6.42 Å². The van der Waals surface area contributed by atoms with Crippen molar-refractivity contribution in [2.45, 2.75) is 129 Å². The molecular formula is C26H47NO6. The average molecular weight is 470 g/mol. The van der Waals surface area contributed by atoms with Crippen molar-refractivity contribution in [3.05, 3.63) is 12.2 Å². The molecule has 3 unspecified atom stereocenters. The molecule has 192 valence electrons. The van der Waals surface area contributed by atoms with E-state index in [-0.39, 0.29) is 25.8 Å². The number of allylic oxidation sites excluding steroid dienone is 2. The first-order valence-electron chi connectivity index (χ1n) is 12.9. The highest BCUT2D eigenvalue weighted by Gasteiger charge is 2.53. The second-order valence-corrected chi connectivity index (χ2v) is 9.01. The Morgan fingerprint density at radius 3 is 1.48 bits per heavy atom. The molecule has 0 aromatic carbocycles. The summed E-state index contributed by atoms with van der Waals surface area (Å²) in [5, 5.41) is 31.9. The van der Waals surface area contributed by atoms with Crippen LogP contribution in [-0.4, -0.2) is 57.3 Å². The number of aliphatic carboxylic acids is 3. The van der Waals surface area contributed by atoms with Crippen LogP contribution in [0.4, 0.5) is 0 Å². The van der Waals surface area contributed by atoms with Crippen molar-refractivity contribution in [3.8, 4) is 0 Å². The van der Waals surface area contributed by atoms with Crippen LogP contribution in [-0.2, 0) is 14.4 Å². The Hall–Kier alpha value is -1.89. The van der Waals surface area contributed by atoms with E-state index in [1.165, 1.54) is 32.1 Å². The van der Waals surface area contributed by atoms with E-state index in [1.54, 1.807) is 20.8 Å². The van der Waals surface area contributed by atoms with E-state index in [0.717, 1.165) is 25.7 Å². The summed E-state index contributed by atoms with van der Waals surface area (Å²) in [6, 6.07) is -3.40. The second-order valence-electron chi connectivity index (χ2n) is 9.01. The van der Waals surface area contributed by atoms with Crippen LogP contribution in [0.3, 0.4) is 0 Å². The van der Waals surface area contributed by atoms with Crippen molar-refractivity contribution in [1.82, 2.24) is 0 Å². The molecular weight excluding hydrogens is 422 g/mol. The van der Waals surface area contributed by atoms with Gasteiger partial charge in [-0.25, -0.2) is 9.59 Å². The molecule has 7 heteroatoms. The quantitative estimate of drug-likeness (QED) is 0.145. The molecule has 7 nitrogen and oxygen atoms in total. The monoisotopic (exact) mass is 469 g/mol. The molecule has 0 aliphatic heterocycles. The highest BCUT2D eigenvalue weighted by molar-refractivity contribution is 5.77. The Morgan fingerprint density at radius 2 is 1.12 bits per heavy atom. The fraction of sp³-hybridized carbons (Fsp3) is 0.808. The molecule has 0 aromatic heterocycles. The average Bonchev–Trinajstić information content (AvgIpc) is 2.75. The van der Waals surface area contributed by atoms with Gasteiger partial charge in [0, 0.05) is 19.3 Å². The third kappa shape index (κ3) is 9.86. The summed E-state index contributed by atoms with van der Waals surface area (Å²) in [6.07, 6.45) is 15.4. The van der Waals surface area contributed by atoms with Crippen molar-refractivity contribution < 1.29 is 34.2 Å². The maximum absolute atomic E-state index is 12.2. The Labute approximate surface area is 200 Å². The first kappa shape index (κ1) is 31.1.